The molecule has 3 nitrogen and oxygen atoms in total. The summed E-state index contributed by atoms with van der Waals surface area (Å²) in [5.74, 6) is 1.34. The van der Waals surface area contributed by atoms with Gasteiger partial charge in [-0.2, -0.15) is 0 Å². The molecule has 1 aromatic heterocycles. The lowest BCUT2D eigenvalue weighted by molar-refractivity contribution is 0.454. The summed E-state index contributed by atoms with van der Waals surface area (Å²) >= 11 is 0. The number of nitrogen functional groups attached to an aromatic ring is 1. The maximum Gasteiger partial charge on any atom is 0.126 e. The molecule has 0 spiro atoms. The molecule has 1 atom stereocenters. The van der Waals surface area contributed by atoms with Crippen LogP contribution in [-0.2, 0) is 6.42 Å². The minimum atomic E-state index is 0.561. The summed E-state index contributed by atoms with van der Waals surface area (Å²) in [6, 6.07) is 4.57. The van der Waals surface area contributed by atoms with Gasteiger partial charge in [-0.15, -0.1) is 0 Å². The van der Waals surface area contributed by atoms with Gasteiger partial charge in [0.15, 0.2) is 0 Å². The van der Waals surface area contributed by atoms with Gasteiger partial charge in [0, 0.05) is 12.2 Å². The highest BCUT2D eigenvalue weighted by Crippen LogP contribution is 2.13. The smallest absolute Gasteiger partial charge is 0.126 e. The van der Waals surface area contributed by atoms with Gasteiger partial charge in [-0.3, -0.25) is 0 Å². The van der Waals surface area contributed by atoms with Crippen LogP contribution in [0.15, 0.2) is 18.3 Å². The van der Waals surface area contributed by atoms with Gasteiger partial charge in [0.25, 0.3) is 0 Å². The first kappa shape index (κ1) is 13.0. The van der Waals surface area contributed by atoms with Crippen molar-refractivity contribution in [1.82, 2.24) is 10.3 Å². The van der Waals surface area contributed by atoms with E-state index in [2.05, 4.69) is 37.1 Å². The van der Waals surface area contributed by atoms with Crippen LogP contribution in [0.25, 0.3) is 0 Å². The van der Waals surface area contributed by atoms with Crippen LogP contribution in [0.3, 0.4) is 0 Å². The molecule has 90 valence electrons. The molecule has 3 N–H and O–H groups in total. The van der Waals surface area contributed by atoms with Crippen LogP contribution in [0.5, 0.6) is 0 Å². The van der Waals surface area contributed by atoms with E-state index in [1.54, 1.807) is 6.20 Å². The molecule has 0 aliphatic heterocycles. The zero-order valence-electron chi connectivity index (χ0n) is 10.5. The standard InChI is InChI=1S/C13H23N3/c1-10(2)16-9-11(3)6-7-12-5-4-8-15-13(12)14/h4-5,8,10-11,16H,6-7,9H2,1-3H3,(H2,14,15). The third-order valence-electron chi connectivity index (χ3n) is 2.71. The molecule has 1 rings (SSSR count). The first-order valence-electron chi connectivity index (χ1n) is 6.02. The molecule has 16 heavy (non-hydrogen) atoms. The fourth-order valence-corrected chi connectivity index (χ4v) is 1.60. The van der Waals surface area contributed by atoms with E-state index >= 15 is 0 Å². The number of hydrogen-bond donors (Lipinski definition) is 2. The summed E-state index contributed by atoms with van der Waals surface area (Å²) in [6.07, 6.45) is 3.90. The summed E-state index contributed by atoms with van der Waals surface area (Å²) < 4.78 is 0. The van der Waals surface area contributed by atoms with Gasteiger partial charge in [0.2, 0.25) is 0 Å². The van der Waals surface area contributed by atoms with Gasteiger partial charge in [-0.05, 0) is 36.9 Å². The first-order valence-corrected chi connectivity index (χ1v) is 6.02. The fraction of sp³-hybridized carbons (Fsp3) is 0.615. The van der Waals surface area contributed by atoms with Crippen molar-refractivity contribution in [1.29, 1.82) is 0 Å². The van der Waals surface area contributed by atoms with E-state index in [1.165, 1.54) is 5.56 Å². The Morgan fingerprint density at radius 1 is 1.38 bits per heavy atom. The Labute approximate surface area is 98.5 Å². The highest BCUT2D eigenvalue weighted by molar-refractivity contribution is 5.38. The molecule has 0 fully saturated rings. The third kappa shape index (κ3) is 4.62. The molecule has 0 amide bonds. The Morgan fingerprint density at radius 3 is 2.75 bits per heavy atom. The molecule has 0 radical (unpaired) electrons. The zero-order valence-corrected chi connectivity index (χ0v) is 10.5. The molecule has 0 saturated heterocycles. The van der Waals surface area contributed by atoms with Gasteiger partial charge < -0.3 is 11.1 Å². The number of nitrogens with two attached hydrogens (primary N) is 1. The minimum Gasteiger partial charge on any atom is -0.383 e. The van der Waals surface area contributed by atoms with Crippen molar-refractivity contribution in [2.75, 3.05) is 12.3 Å². The van der Waals surface area contributed by atoms with Crippen molar-refractivity contribution >= 4 is 5.82 Å². The Hall–Kier alpha value is -1.09. The van der Waals surface area contributed by atoms with Crippen LogP contribution in [-0.4, -0.2) is 17.6 Å². The van der Waals surface area contributed by atoms with Gasteiger partial charge in [-0.25, -0.2) is 4.98 Å². The van der Waals surface area contributed by atoms with E-state index in [0.717, 1.165) is 19.4 Å². The predicted molar refractivity (Wildman–Crippen MR) is 69.3 cm³/mol. The number of nitrogens with zero attached hydrogens (tertiary/aromatic N) is 1. The normalized spacial score (nSPS) is 13.0. The summed E-state index contributed by atoms with van der Waals surface area (Å²) in [4.78, 5) is 4.09. The summed E-state index contributed by atoms with van der Waals surface area (Å²) in [5.41, 5.74) is 6.97. The molecular formula is C13H23N3. The molecule has 1 aromatic rings. The maximum atomic E-state index is 5.80. The zero-order chi connectivity index (χ0) is 12.0. The van der Waals surface area contributed by atoms with Crippen molar-refractivity contribution in [3.05, 3.63) is 23.9 Å². The molecule has 3 heteroatoms. The van der Waals surface area contributed by atoms with Crippen molar-refractivity contribution in [3.63, 3.8) is 0 Å². The van der Waals surface area contributed by atoms with Gasteiger partial charge in [0.05, 0.1) is 0 Å². The maximum absolute atomic E-state index is 5.80. The van der Waals surface area contributed by atoms with E-state index in [-0.39, 0.29) is 0 Å². The number of anilines is 1. The predicted octanol–water partition coefficient (Wildman–Crippen LogP) is 2.23. The second kappa shape index (κ2) is 6.48. The summed E-state index contributed by atoms with van der Waals surface area (Å²) in [6.45, 7) is 7.68. The van der Waals surface area contributed by atoms with Crippen LogP contribution in [0.2, 0.25) is 0 Å². The van der Waals surface area contributed by atoms with Crippen LogP contribution in [0, 0.1) is 5.92 Å². The Balaban J connectivity index is 2.31. The van der Waals surface area contributed by atoms with E-state index < -0.39 is 0 Å². The van der Waals surface area contributed by atoms with Crippen molar-refractivity contribution in [3.8, 4) is 0 Å². The number of nitrogens with one attached hydrogen (secondary N) is 1. The summed E-state index contributed by atoms with van der Waals surface area (Å²) in [7, 11) is 0. The number of hydrogen-bond acceptors (Lipinski definition) is 3. The Kier molecular flexibility index (Phi) is 5.26. The number of pyridine rings is 1. The second-order valence-electron chi connectivity index (χ2n) is 4.75. The number of aromatic nitrogens is 1. The summed E-state index contributed by atoms with van der Waals surface area (Å²) in [5, 5.41) is 3.45. The van der Waals surface area contributed by atoms with E-state index in [4.69, 9.17) is 5.73 Å². The monoisotopic (exact) mass is 221 g/mol. The Bertz CT molecular complexity index is 310. The lowest BCUT2D eigenvalue weighted by atomic mass is 10.0. The van der Waals surface area contributed by atoms with Crippen LogP contribution in [0.1, 0.15) is 32.8 Å². The molecule has 0 aliphatic rings. The molecule has 0 aliphatic carbocycles. The van der Waals surface area contributed by atoms with E-state index in [9.17, 15) is 0 Å². The molecule has 1 unspecified atom stereocenters. The number of rotatable bonds is 6. The molecule has 0 bridgehead atoms. The van der Waals surface area contributed by atoms with Gasteiger partial charge >= 0.3 is 0 Å². The quantitative estimate of drug-likeness (QED) is 0.774. The van der Waals surface area contributed by atoms with Crippen LogP contribution in [0.4, 0.5) is 5.82 Å². The van der Waals surface area contributed by atoms with Crippen LogP contribution >= 0.6 is 0 Å². The van der Waals surface area contributed by atoms with Gasteiger partial charge in [-0.1, -0.05) is 26.8 Å². The second-order valence-corrected chi connectivity index (χ2v) is 4.75. The van der Waals surface area contributed by atoms with Crippen molar-refractivity contribution in [2.45, 2.75) is 39.7 Å². The van der Waals surface area contributed by atoms with Gasteiger partial charge in [0.1, 0.15) is 5.82 Å². The highest BCUT2D eigenvalue weighted by atomic mass is 14.9. The fourth-order valence-electron chi connectivity index (χ4n) is 1.60. The highest BCUT2D eigenvalue weighted by Gasteiger charge is 2.05. The topological polar surface area (TPSA) is 50.9 Å². The number of aryl methyl sites for hydroxylation is 1. The van der Waals surface area contributed by atoms with Crippen molar-refractivity contribution in [2.24, 2.45) is 5.92 Å². The molecular weight excluding hydrogens is 198 g/mol. The molecule has 0 saturated carbocycles. The lowest BCUT2D eigenvalue weighted by Crippen LogP contribution is -2.28. The largest absolute Gasteiger partial charge is 0.383 e. The minimum absolute atomic E-state index is 0.561. The third-order valence-corrected chi connectivity index (χ3v) is 2.71. The lowest BCUT2D eigenvalue weighted by Gasteiger charge is -2.15. The molecule has 1 heterocycles. The molecule has 0 aromatic carbocycles. The van der Waals surface area contributed by atoms with E-state index in [1.807, 2.05) is 6.07 Å². The average molecular weight is 221 g/mol. The SMILES string of the molecule is CC(CCc1cccnc1N)CNC(C)C. The first-order chi connectivity index (χ1) is 7.59. The van der Waals surface area contributed by atoms with Crippen molar-refractivity contribution < 1.29 is 0 Å². The average Bonchev–Trinajstić information content (AvgIpc) is 2.25. The van der Waals surface area contributed by atoms with Crippen LogP contribution < -0.4 is 11.1 Å². The Morgan fingerprint density at radius 2 is 2.12 bits per heavy atom. The van der Waals surface area contributed by atoms with E-state index in [0.29, 0.717) is 17.8 Å².